The quantitative estimate of drug-likeness (QED) is 0.184. The van der Waals surface area contributed by atoms with E-state index in [9.17, 15) is 10.5 Å². The molecule has 0 bridgehead atoms. The minimum atomic E-state index is 0.603. The lowest BCUT2D eigenvalue weighted by atomic mass is 9.99. The number of hydrogen-bond acceptors (Lipinski definition) is 2. The molecular formula is C50H29N5. The van der Waals surface area contributed by atoms with Gasteiger partial charge < -0.3 is 13.7 Å². The number of hydrogen-bond donors (Lipinski definition) is 0. The summed E-state index contributed by atoms with van der Waals surface area (Å²) in [4.78, 5) is 0. The Morgan fingerprint density at radius 1 is 0.345 bits per heavy atom. The lowest BCUT2D eigenvalue weighted by molar-refractivity contribution is 1.16. The fourth-order valence-corrected chi connectivity index (χ4v) is 8.76. The van der Waals surface area contributed by atoms with Gasteiger partial charge in [0.2, 0.25) is 0 Å². The number of nitrogens with zero attached hydrogens (tertiary/aromatic N) is 5. The van der Waals surface area contributed by atoms with Crippen molar-refractivity contribution < 1.29 is 0 Å². The van der Waals surface area contributed by atoms with E-state index in [1.165, 1.54) is 21.8 Å². The molecule has 0 amide bonds. The summed E-state index contributed by atoms with van der Waals surface area (Å²) in [5.74, 6) is 0. The summed E-state index contributed by atoms with van der Waals surface area (Å²) in [5, 5.41) is 27.1. The van der Waals surface area contributed by atoms with E-state index in [0.717, 1.165) is 71.8 Å². The number of nitriles is 2. The van der Waals surface area contributed by atoms with Crippen LogP contribution in [0.4, 0.5) is 0 Å². The maximum Gasteiger partial charge on any atom is 0.101 e. The molecule has 3 heterocycles. The van der Waals surface area contributed by atoms with Crippen molar-refractivity contribution in [1.82, 2.24) is 13.7 Å². The molecule has 0 saturated heterocycles. The Morgan fingerprint density at radius 2 is 0.818 bits per heavy atom. The lowest BCUT2D eigenvalue weighted by Gasteiger charge is -2.17. The standard InChI is InChI=1S/C50H29N5/c51-30-32-20-26-48-42(28-32)40-13-3-7-18-46(40)53(48)35-23-21-33(22-24-35)37-15-9-10-34(31-52)50(37)55-47-19-8-4-14-41(47)43-29-36(25-27-49(43)55)54-44-16-5-1-11-38(44)39-12-2-6-17-45(39)54/h1-29H. The third-order valence-electron chi connectivity index (χ3n) is 11.1. The van der Waals surface area contributed by atoms with E-state index >= 15 is 0 Å². The summed E-state index contributed by atoms with van der Waals surface area (Å²) in [5.41, 5.74) is 12.7. The van der Waals surface area contributed by atoms with Gasteiger partial charge in [0.1, 0.15) is 6.07 Å². The first-order valence-electron chi connectivity index (χ1n) is 18.3. The molecule has 55 heavy (non-hydrogen) atoms. The van der Waals surface area contributed by atoms with E-state index in [0.29, 0.717) is 11.1 Å². The van der Waals surface area contributed by atoms with Crippen LogP contribution < -0.4 is 0 Å². The normalized spacial score (nSPS) is 11.6. The van der Waals surface area contributed by atoms with Crippen LogP contribution in [0.25, 0.3) is 93.6 Å². The van der Waals surface area contributed by atoms with Crippen LogP contribution in [0.1, 0.15) is 11.1 Å². The average molecular weight is 700 g/mol. The smallest absolute Gasteiger partial charge is 0.101 e. The number of rotatable bonds is 4. The predicted molar refractivity (Wildman–Crippen MR) is 224 cm³/mol. The minimum Gasteiger partial charge on any atom is -0.309 e. The molecule has 0 aliphatic heterocycles. The van der Waals surface area contributed by atoms with Crippen molar-refractivity contribution >= 4 is 65.4 Å². The average Bonchev–Trinajstić information content (AvgIpc) is 3.88. The van der Waals surface area contributed by atoms with Gasteiger partial charge in [0.05, 0.1) is 56.0 Å². The van der Waals surface area contributed by atoms with Crippen LogP contribution in [0.15, 0.2) is 176 Å². The van der Waals surface area contributed by atoms with Gasteiger partial charge in [-0.25, -0.2) is 0 Å². The maximum absolute atomic E-state index is 10.6. The Kier molecular flexibility index (Phi) is 6.61. The Labute approximate surface area is 316 Å². The van der Waals surface area contributed by atoms with Gasteiger partial charge in [-0.15, -0.1) is 0 Å². The van der Waals surface area contributed by atoms with Crippen molar-refractivity contribution in [2.45, 2.75) is 0 Å². The fraction of sp³-hybridized carbons (Fsp3) is 0. The molecule has 11 rings (SSSR count). The summed E-state index contributed by atoms with van der Waals surface area (Å²) in [6.45, 7) is 0. The molecule has 0 aliphatic rings. The number of benzene rings is 8. The molecule has 11 aromatic rings. The van der Waals surface area contributed by atoms with Crippen molar-refractivity contribution in [3.05, 3.63) is 187 Å². The molecule has 3 aromatic heterocycles. The van der Waals surface area contributed by atoms with Crippen molar-refractivity contribution in [1.29, 1.82) is 10.5 Å². The zero-order chi connectivity index (χ0) is 36.6. The maximum atomic E-state index is 10.6. The van der Waals surface area contributed by atoms with E-state index < -0.39 is 0 Å². The second-order valence-electron chi connectivity index (χ2n) is 14.0. The van der Waals surface area contributed by atoms with E-state index in [2.05, 4.69) is 165 Å². The molecular weight excluding hydrogens is 671 g/mol. The number of aromatic nitrogens is 3. The van der Waals surface area contributed by atoms with Gasteiger partial charge in [0.15, 0.2) is 0 Å². The highest BCUT2D eigenvalue weighted by molar-refractivity contribution is 6.13. The third-order valence-corrected chi connectivity index (χ3v) is 11.1. The van der Waals surface area contributed by atoms with Gasteiger partial charge in [0.25, 0.3) is 0 Å². The Balaban J connectivity index is 1.11. The first-order valence-corrected chi connectivity index (χ1v) is 18.3. The van der Waals surface area contributed by atoms with Crippen LogP contribution in [0.5, 0.6) is 0 Å². The zero-order valence-corrected chi connectivity index (χ0v) is 29.5. The van der Waals surface area contributed by atoms with E-state index in [1.54, 1.807) is 0 Å². The highest BCUT2D eigenvalue weighted by atomic mass is 15.0. The van der Waals surface area contributed by atoms with Gasteiger partial charge >= 0.3 is 0 Å². The highest BCUT2D eigenvalue weighted by Crippen LogP contribution is 2.41. The van der Waals surface area contributed by atoms with Gasteiger partial charge in [-0.2, -0.15) is 10.5 Å². The van der Waals surface area contributed by atoms with Gasteiger partial charge in [-0.1, -0.05) is 97.1 Å². The van der Waals surface area contributed by atoms with Gasteiger partial charge in [-0.3, -0.25) is 0 Å². The van der Waals surface area contributed by atoms with Crippen molar-refractivity contribution in [3.63, 3.8) is 0 Å². The first kappa shape index (κ1) is 30.7. The van der Waals surface area contributed by atoms with E-state index in [4.69, 9.17) is 0 Å². The third kappa shape index (κ3) is 4.45. The molecule has 0 radical (unpaired) electrons. The SMILES string of the molecule is N#Cc1ccc2c(c1)c1ccccc1n2-c1ccc(-c2cccc(C#N)c2-n2c3ccccc3c3cc(-n4c5ccccc5c5ccccc54)ccc32)cc1. The Hall–Kier alpha value is -7.86. The number of para-hydroxylation sites is 5. The summed E-state index contributed by atoms with van der Waals surface area (Å²) < 4.78 is 6.87. The van der Waals surface area contributed by atoms with Gasteiger partial charge in [0, 0.05) is 49.3 Å². The summed E-state index contributed by atoms with van der Waals surface area (Å²) in [6, 6.07) is 66.0. The van der Waals surface area contributed by atoms with Gasteiger partial charge in [-0.05, 0) is 84.4 Å². The molecule has 0 spiro atoms. The second kappa shape index (κ2) is 11.8. The monoisotopic (exact) mass is 699 g/mol. The predicted octanol–water partition coefficient (Wildman–Crippen LogP) is 12.4. The highest BCUT2D eigenvalue weighted by Gasteiger charge is 2.21. The van der Waals surface area contributed by atoms with Crippen LogP contribution in [-0.4, -0.2) is 13.7 Å². The molecule has 0 atom stereocenters. The topological polar surface area (TPSA) is 62.4 Å². The van der Waals surface area contributed by atoms with Crippen LogP contribution >= 0.6 is 0 Å². The molecule has 0 aliphatic carbocycles. The molecule has 8 aromatic carbocycles. The number of fused-ring (bicyclic) bond motifs is 9. The molecule has 254 valence electrons. The first-order chi connectivity index (χ1) is 27.2. The molecule has 0 fully saturated rings. The summed E-state index contributed by atoms with van der Waals surface area (Å²) >= 11 is 0. The van der Waals surface area contributed by atoms with Crippen molar-refractivity contribution in [2.75, 3.05) is 0 Å². The van der Waals surface area contributed by atoms with Crippen molar-refractivity contribution in [3.8, 4) is 40.3 Å². The van der Waals surface area contributed by atoms with Crippen molar-refractivity contribution in [2.24, 2.45) is 0 Å². The van der Waals surface area contributed by atoms with E-state index in [-0.39, 0.29) is 0 Å². The molecule has 0 unspecified atom stereocenters. The lowest BCUT2D eigenvalue weighted by Crippen LogP contribution is -2.01. The fourth-order valence-electron chi connectivity index (χ4n) is 8.76. The van der Waals surface area contributed by atoms with Crippen LogP contribution in [-0.2, 0) is 0 Å². The Bertz CT molecular complexity index is 3400. The Morgan fingerprint density at radius 3 is 1.42 bits per heavy atom. The second-order valence-corrected chi connectivity index (χ2v) is 14.0. The molecule has 0 saturated carbocycles. The van der Waals surface area contributed by atoms with Crippen LogP contribution in [0.2, 0.25) is 0 Å². The molecule has 5 heteroatoms. The van der Waals surface area contributed by atoms with E-state index in [1.807, 2.05) is 36.4 Å². The van der Waals surface area contributed by atoms with Crippen LogP contribution in [0, 0.1) is 22.7 Å². The zero-order valence-electron chi connectivity index (χ0n) is 29.5. The molecule has 5 nitrogen and oxygen atoms in total. The molecule has 0 N–H and O–H groups in total. The minimum absolute atomic E-state index is 0.603. The largest absolute Gasteiger partial charge is 0.309 e. The summed E-state index contributed by atoms with van der Waals surface area (Å²) in [6.07, 6.45) is 0. The summed E-state index contributed by atoms with van der Waals surface area (Å²) in [7, 11) is 0. The van der Waals surface area contributed by atoms with Crippen LogP contribution in [0.3, 0.4) is 0 Å².